The van der Waals surface area contributed by atoms with Gasteiger partial charge in [-0.15, -0.1) is 11.8 Å². The molecule has 1 N–H and O–H groups in total. The van der Waals surface area contributed by atoms with Crippen molar-refractivity contribution < 1.29 is 23.8 Å². The van der Waals surface area contributed by atoms with E-state index < -0.39 is 0 Å². The van der Waals surface area contributed by atoms with Gasteiger partial charge in [0.05, 0.1) is 6.61 Å². The number of amides is 2. The number of cyclic esters (lactones) is 1. The van der Waals surface area contributed by atoms with Crippen molar-refractivity contribution in [3.8, 4) is 11.5 Å². The number of carbonyl (C=O) groups excluding carboxylic acids is 2. The molecule has 0 bridgehead atoms. The predicted octanol–water partition coefficient (Wildman–Crippen LogP) is 1.90. The van der Waals surface area contributed by atoms with E-state index in [-0.39, 0.29) is 12.0 Å². The van der Waals surface area contributed by atoms with Crippen LogP contribution < -0.4 is 14.8 Å². The smallest absolute Gasteiger partial charge is 0.409 e. The minimum Gasteiger partial charge on any atom is -0.486 e. The van der Waals surface area contributed by atoms with Gasteiger partial charge in [-0.2, -0.15) is 0 Å². The summed E-state index contributed by atoms with van der Waals surface area (Å²) in [6.45, 7) is 3.25. The molecule has 0 saturated carbocycles. The summed E-state index contributed by atoms with van der Waals surface area (Å²) < 4.78 is 16.0. The zero-order valence-corrected chi connectivity index (χ0v) is 14.8. The van der Waals surface area contributed by atoms with Crippen LogP contribution in [-0.4, -0.2) is 62.1 Å². The Labute approximate surface area is 151 Å². The Hall–Kier alpha value is -2.09. The van der Waals surface area contributed by atoms with Crippen LogP contribution in [0.5, 0.6) is 11.5 Å². The molecule has 0 atom stereocenters. The largest absolute Gasteiger partial charge is 0.486 e. The SMILES string of the molecule is O=C(CCSc1ccc2c(c1)OCCO2)NCCN1CCCOC1=O. The lowest BCUT2D eigenvalue weighted by Gasteiger charge is -2.26. The first-order valence-corrected chi connectivity index (χ1v) is 9.42. The van der Waals surface area contributed by atoms with E-state index in [9.17, 15) is 9.59 Å². The van der Waals surface area contributed by atoms with Crippen molar-refractivity contribution >= 4 is 23.8 Å². The summed E-state index contributed by atoms with van der Waals surface area (Å²) in [6.07, 6.45) is 0.963. The Kier molecular flexibility index (Phi) is 6.27. The van der Waals surface area contributed by atoms with Crippen LogP contribution in [0, 0.1) is 0 Å². The number of carbonyl (C=O) groups is 2. The molecule has 0 aliphatic carbocycles. The van der Waals surface area contributed by atoms with Gasteiger partial charge in [0.15, 0.2) is 11.5 Å². The van der Waals surface area contributed by atoms with Crippen LogP contribution in [0.1, 0.15) is 12.8 Å². The molecule has 25 heavy (non-hydrogen) atoms. The van der Waals surface area contributed by atoms with Crippen LogP contribution in [0.25, 0.3) is 0 Å². The van der Waals surface area contributed by atoms with Crippen LogP contribution >= 0.6 is 11.8 Å². The molecule has 0 unspecified atom stereocenters. The maximum atomic E-state index is 11.9. The fourth-order valence-corrected chi connectivity index (χ4v) is 3.47. The molecule has 0 aromatic heterocycles. The van der Waals surface area contributed by atoms with Gasteiger partial charge in [-0.05, 0) is 24.6 Å². The normalized spacial score (nSPS) is 16.3. The number of nitrogens with zero attached hydrogens (tertiary/aromatic N) is 1. The van der Waals surface area contributed by atoms with E-state index in [1.54, 1.807) is 16.7 Å². The molecule has 2 aliphatic heterocycles. The number of rotatable bonds is 7. The predicted molar refractivity (Wildman–Crippen MR) is 93.3 cm³/mol. The van der Waals surface area contributed by atoms with E-state index in [0.717, 1.165) is 22.8 Å². The molecule has 2 aliphatic rings. The van der Waals surface area contributed by atoms with E-state index in [2.05, 4.69) is 5.32 Å². The lowest BCUT2D eigenvalue weighted by molar-refractivity contribution is -0.120. The van der Waals surface area contributed by atoms with E-state index in [0.29, 0.717) is 51.6 Å². The molecular weight excluding hydrogens is 344 g/mol. The van der Waals surface area contributed by atoms with Gasteiger partial charge in [0.25, 0.3) is 0 Å². The Morgan fingerprint density at radius 1 is 1.16 bits per heavy atom. The molecule has 1 saturated heterocycles. The molecule has 2 heterocycles. The summed E-state index contributed by atoms with van der Waals surface area (Å²) in [6, 6.07) is 5.81. The van der Waals surface area contributed by atoms with Crippen molar-refractivity contribution in [3.63, 3.8) is 0 Å². The minimum atomic E-state index is -0.297. The third kappa shape index (κ3) is 5.19. The van der Waals surface area contributed by atoms with Crippen LogP contribution in [0.15, 0.2) is 23.1 Å². The molecule has 0 spiro atoms. The van der Waals surface area contributed by atoms with Crippen molar-refractivity contribution in [1.82, 2.24) is 10.2 Å². The van der Waals surface area contributed by atoms with Gasteiger partial charge in [-0.1, -0.05) is 0 Å². The topological polar surface area (TPSA) is 77.1 Å². The molecule has 0 radical (unpaired) electrons. The summed E-state index contributed by atoms with van der Waals surface area (Å²) in [5.41, 5.74) is 0. The van der Waals surface area contributed by atoms with Crippen LogP contribution in [0.4, 0.5) is 4.79 Å². The maximum absolute atomic E-state index is 11.9. The van der Waals surface area contributed by atoms with Crippen LogP contribution in [-0.2, 0) is 9.53 Å². The molecule has 1 fully saturated rings. The third-order valence-electron chi connectivity index (χ3n) is 3.87. The molecule has 8 heteroatoms. The van der Waals surface area contributed by atoms with Gasteiger partial charge in [-0.25, -0.2) is 4.79 Å². The summed E-state index contributed by atoms with van der Waals surface area (Å²) in [4.78, 5) is 26.0. The fraction of sp³-hybridized carbons (Fsp3) is 0.529. The zero-order valence-electron chi connectivity index (χ0n) is 14.0. The second kappa shape index (κ2) is 8.84. The van der Waals surface area contributed by atoms with E-state index in [1.807, 2.05) is 18.2 Å². The molecule has 7 nitrogen and oxygen atoms in total. The van der Waals surface area contributed by atoms with Gasteiger partial charge in [0.1, 0.15) is 13.2 Å². The molecule has 136 valence electrons. The number of nitrogens with one attached hydrogen (secondary N) is 1. The maximum Gasteiger partial charge on any atom is 0.409 e. The second-order valence-corrected chi connectivity index (χ2v) is 6.88. The lowest BCUT2D eigenvalue weighted by Crippen LogP contribution is -2.42. The van der Waals surface area contributed by atoms with Crippen molar-refractivity contribution in [2.75, 3.05) is 45.2 Å². The number of ether oxygens (including phenoxy) is 3. The van der Waals surface area contributed by atoms with Crippen molar-refractivity contribution in [2.45, 2.75) is 17.7 Å². The summed E-state index contributed by atoms with van der Waals surface area (Å²) in [5, 5.41) is 2.84. The number of hydrogen-bond acceptors (Lipinski definition) is 6. The van der Waals surface area contributed by atoms with Crippen molar-refractivity contribution in [3.05, 3.63) is 18.2 Å². The first-order valence-electron chi connectivity index (χ1n) is 8.43. The second-order valence-electron chi connectivity index (χ2n) is 5.71. The Bertz CT molecular complexity index is 625. The average Bonchev–Trinajstić information content (AvgIpc) is 2.63. The first kappa shape index (κ1) is 17.7. The van der Waals surface area contributed by atoms with Gasteiger partial charge in [0.2, 0.25) is 5.91 Å². The third-order valence-corrected chi connectivity index (χ3v) is 4.87. The highest BCUT2D eigenvalue weighted by atomic mass is 32.2. The highest BCUT2D eigenvalue weighted by molar-refractivity contribution is 7.99. The van der Waals surface area contributed by atoms with Crippen molar-refractivity contribution in [1.29, 1.82) is 0 Å². The van der Waals surface area contributed by atoms with Crippen LogP contribution in [0.2, 0.25) is 0 Å². The molecule has 3 rings (SSSR count). The van der Waals surface area contributed by atoms with Gasteiger partial charge in [0, 0.05) is 36.7 Å². The zero-order chi connectivity index (χ0) is 17.5. The van der Waals surface area contributed by atoms with E-state index in [1.165, 1.54) is 0 Å². The van der Waals surface area contributed by atoms with Gasteiger partial charge < -0.3 is 24.4 Å². The standard InChI is InChI=1S/C17H22N2O5S/c20-16(18-5-7-19-6-1-8-24-17(19)21)4-11-25-13-2-3-14-15(12-13)23-10-9-22-14/h2-3,12H,1,4-11H2,(H,18,20). The molecular formula is C17H22N2O5S. The molecule has 1 aromatic carbocycles. The highest BCUT2D eigenvalue weighted by Gasteiger charge is 2.19. The van der Waals surface area contributed by atoms with Gasteiger partial charge >= 0.3 is 6.09 Å². The van der Waals surface area contributed by atoms with Crippen LogP contribution in [0.3, 0.4) is 0 Å². The number of hydrogen-bond donors (Lipinski definition) is 1. The summed E-state index contributed by atoms with van der Waals surface area (Å²) in [5.74, 6) is 2.19. The Balaban J connectivity index is 1.33. The van der Waals surface area contributed by atoms with Gasteiger partial charge in [-0.3, -0.25) is 4.79 Å². The average molecular weight is 366 g/mol. The Morgan fingerprint density at radius 3 is 2.84 bits per heavy atom. The number of benzene rings is 1. The lowest BCUT2D eigenvalue weighted by atomic mass is 10.3. The van der Waals surface area contributed by atoms with E-state index >= 15 is 0 Å². The van der Waals surface area contributed by atoms with Crippen molar-refractivity contribution in [2.24, 2.45) is 0 Å². The quantitative estimate of drug-likeness (QED) is 0.743. The first-order chi connectivity index (χ1) is 12.2. The monoisotopic (exact) mass is 366 g/mol. The Morgan fingerprint density at radius 2 is 2.00 bits per heavy atom. The van der Waals surface area contributed by atoms with E-state index in [4.69, 9.17) is 14.2 Å². The highest BCUT2D eigenvalue weighted by Crippen LogP contribution is 2.34. The summed E-state index contributed by atoms with van der Waals surface area (Å²) in [7, 11) is 0. The summed E-state index contributed by atoms with van der Waals surface area (Å²) >= 11 is 1.60. The minimum absolute atomic E-state index is 0.0181. The number of fused-ring (bicyclic) bond motifs is 1. The molecule has 1 aromatic rings. The number of thioether (sulfide) groups is 1. The molecule has 2 amide bonds. The fourth-order valence-electron chi connectivity index (χ4n) is 2.59.